The molecule has 1 amide bonds. The molecular weight excluding hydrogens is 358 g/mol. The maximum Gasteiger partial charge on any atom is 0.222 e. The Morgan fingerprint density at radius 3 is 1.75 bits per heavy atom. The summed E-state index contributed by atoms with van der Waals surface area (Å²) in [4.78, 5) is 14.5. The first-order valence-corrected chi connectivity index (χ1v) is 11.5. The van der Waals surface area contributed by atoms with Gasteiger partial charge in [-0.1, -0.05) is 58.3 Å². The van der Waals surface area contributed by atoms with Crippen molar-refractivity contribution in [1.82, 2.24) is 4.90 Å². The van der Waals surface area contributed by atoms with Crippen molar-refractivity contribution in [2.45, 2.75) is 83.3 Å². The monoisotopic (exact) mass is 399 g/mol. The molecule has 2 heterocycles. The summed E-state index contributed by atoms with van der Waals surface area (Å²) in [6.07, 6.45) is 12.6. The number of unbranched alkanes of at least 4 members (excludes halogenated alkanes) is 8. The van der Waals surface area contributed by atoms with E-state index in [1.165, 1.54) is 44.9 Å². The number of hydrogen-bond acceptors (Lipinski definition) is 5. The predicted molar refractivity (Wildman–Crippen MR) is 110 cm³/mol. The van der Waals surface area contributed by atoms with Crippen molar-refractivity contribution in [3.05, 3.63) is 0 Å². The van der Waals surface area contributed by atoms with Crippen LogP contribution in [0.25, 0.3) is 0 Å². The van der Waals surface area contributed by atoms with Gasteiger partial charge in [0.1, 0.15) is 12.2 Å². The van der Waals surface area contributed by atoms with Gasteiger partial charge in [0.2, 0.25) is 5.91 Å². The van der Waals surface area contributed by atoms with Crippen LogP contribution in [0.2, 0.25) is 0 Å². The van der Waals surface area contributed by atoms with E-state index < -0.39 is 0 Å². The number of epoxide rings is 2. The molecule has 0 aromatic heterocycles. The normalized spacial score (nSPS) is 20.3. The van der Waals surface area contributed by atoms with Crippen LogP contribution >= 0.6 is 0 Å². The third-order valence-electron chi connectivity index (χ3n) is 5.27. The molecule has 2 aliphatic heterocycles. The molecule has 2 saturated heterocycles. The molecule has 164 valence electrons. The highest BCUT2D eigenvalue weighted by Gasteiger charge is 2.23. The summed E-state index contributed by atoms with van der Waals surface area (Å²) in [5, 5.41) is 0. The summed E-state index contributed by atoms with van der Waals surface area (Å²) < 4.78 is 21.5. The second-order valence-electron chi connectivity index (χ2n) is 8.02. The second kappa shape index (κ2) is 15.2. The Hall–Kier alpha value is -0.690. The van der Waals surface area contributed by atoms with Gasteiger partial charge < -0.3 is 23.8 Å². The van der Waals surface area contributed by atoms with E-state index in [1.807, 2.05) is 4.90 Å². The zero-order valence-corrected chi connectivity index (χ0v) is 17.9. The van der Waals surface area contributed by atoms with Crippen molar-refractivity contribution in [2.24, 2.45) is 0 Å². The fourth-order valence-electron chi connectivity index (χ4n) is 3.21. The lowest BCUT2D eigenvalue weighted by molar-refractivity contribution is -0.133. The van der Waals surface area contributed by atoms with Crippen LogP contribution in [-0.4, -0.2) is 75.7 Å². The fourth-order valence-corrected chi connectivity index (χ4v) is 3.21. The largest absolute Gasteiger partial charge is 0.377 e. The minimum Gasteiger partial charge on any atom is -0.377 e. The molecule has 0 aliphatic carbocycles. The average Bonchev–Trinajstić information content (AvgIpc) is 3.60. The fraction of sp³-hybridized carbons (Fsp3) is 0.955. The van der Waals surface area contributed by atoms with Crippen molar-refractivity contribution in [3.8, 4) is 0 Å². The van der Waals surface area contributed by atoms with Crippen LogP contribution in [0.3, 0.4) is 0 Å². The van der Waals surface area contributed by atoms with Crippen LogP contribution in [-0.2, 0) is 23.7 Å². The van der Waals surface area contributed by atoms with Crippen LogP contribution in [0.1, 0.15) is 71.1 Å². The molecule has 28 heavy (non-hydrogen) atoms. The lowest BCUT2D eigenvalue weighted by atomic mass is 10.1. The summed E-state index contributed by atoms with van der Waals surface area (Å²) in [5.41, 5.74) is 0. The lowest BCUT2D eigenvalue weighted by Gasteiger charge is -2.22. The Balaban J connectivity index is 1.50. The summed E-state index contributed by atoms with van der Waals surface area (Å²) in [6.45, 7) is 7.52. The van der Waals surface area contributed by atoms with E-state index in [-0.39, 0.29) is 18.1 Å². The number of amides is 1. The Morgan fingerprint density at radius 2 is 1.29 bits per heavy atom. The third-order valence-corrected chi connectivity index (χ3v) is 5.27. The molecule has 0 N–H and O–H groups in total. The van der Waals surface area contributed by atoms with Crippen LogP contribution < -0.4 is 0 Å². The molecule has 6 heteroatoms. The molecule has 0 bridgehead atoms. The van der Waals surface area contributed by atoms with Crippen LogP contribution in [0, 0.1) is 0 Å². The zero-order valence-electron chi connectivity index (χ0n) is 17.9. The standard InChI is InChI=1S/C22H41NO5/c1-2-3-4-5-6-7-8-9-10-11-22(24)23(12-14-25-16-20-18-27-20)13-15-26-17-21-19-28-21/h20-21H,2-19H2,1H3. The number of hydrogen-bond donors (Lipinski definition) is 0. The van der Waals surface area contributed by atoms with Crippen molar-refractivity contribution < 1.29 is 23.7 Å². The Labute approximate surface area is 171 Å². The minimum absolute atomic E-state index is 0.223. The molecule has 6 nitrogen and oxygen atoms in total. The van der Waals surface area contributed by atoms with Crippen molar-refractivity contribution in [3.63, 3.8) is 0 Å². The van der Waals surface area contributed by atoms with Crippen molar-refractivity contribution in [2.75, 3.05) is 52.7 Å². The van der Waals surface area contributed by atoms with Crippen LogP contribution in [0.5, 0.6) is 0 Å². The van der Waals surface area contributed by atoms with Gasteiger partial charge in [0.25, 0.3) is 0 Å². The Morgan fingerprint density at radius 1 is 0.821 bits per heavy atom. The number of ether oxygens (including phenoxy) is 4. The Bertz CT molecular complexity index is 378. The highest BCUT2D eigenvalue weighted by atomic mass is 16.6. The summed E-state index contributed by atoms with van der Waals surface area (Å²) >= 11 is 0. The number of rotatable bonds is 20. The van der Waals surface area contributed by atoms with E-state index >= 15 is 0 Å². The van der Waals surface area contributed by atoms with Crippen molar-refractivity contribution in [1.29, 1.82) is 0 Å². The minimum atomic E-state index is 0.223. The number of carbonyl (C=O) groups excluding carboxylic acids is 1. The maximum absolute atomic E-state index is 12.6. The molecule has 0 spiro atoms. The molecule has 0 saturated carbocycles. The molecular formula is C22H41NO5. The van der Waals surface area contributed by atoms with Gasteiger partial charge in [0.05, 0.1) is 39.6 Å². The van der Waals surface area contributed by atoms with E-state index in [1.54, 1.807) is 0 Å². The average molecular weight is 400 g/mol. The van der Waals surface area contributed by atoms with E-state index in [0.717, 1.165) is 26.1 Å². The smallest absolute Gasteiger partial charge is 0.222 e. The highest BCUT2D eigenvalue weighted by Crippen LogP contribution is 2.12. The van der Waals surface area contributed by atoms with Gasteiger partial charge >= 0.3 is 0 Å². The maximum atomic E-state index is 12.6. The lowest BCUT2D eigenvalue weighted by Crippen LogP contribution is -2.37. The third kappa shape index (κ3) is 12.7. The first-order valence-electron chi connectivity index (χ1n) is 11.5. The van der Waals surface area contributed by atoms with Crippen LogP contribution in [0.4, 0.5) is 0 Å². The van der Waals surface area contributed by atoms with Gasteiger partial charge in [-0.15, -0.1) is 0 Å². The quantitative estimate of drug-likeness (QED) is 0.231. The van der Waals surface area contributed by atoms with E-state index in [4.69, 9.17) is 18.9 Å². The SMILES string of the molecule is CCCCCCCCCCCC(=O)N(CCOCC1CO1)CCOCC1CO1. The summed E-state index contributed by atoms with van der Waals surface area (Å²) in [5.74, 6) is 0.223. The molecule has 0 aromatic carbocycles. The van der Waals surface area contributed by atoms with Crippen LogP contribution in [0.15, 0.2) is 0 Å². The van der Waals surface area contributed by atoms with E-state index in [9.17, 15) is 4.79 Å². The highest BCUT2D eigenvalue weighted by molar-refractivity contribution is 5.76. The zero-order chi connectivity index (χ0) is 19.9. The summed E-state index contributed by atoms with van der Waals surface area (Å²) in [7, 11) is 0. The predicted octanol–water partition coefficient (Wildman–Crippen LogP) is 3.57. The molecule has 0 radical (unpaired) electrons. The van der Waals surface area contributed by atoms with E-state index in [0.29, 0.717) is 45.9 Å². The second-order valence-corrected chi connectivity index (χ2v) is 8.02. The van der Waals surface area contributed by atoms with Gasteiger partial charge in [0.15, 0.2) is 0 Å². The van der Waals surface area contributed by atoms with Gasteiger partial charge in [-0.2, -0.15) is 0 Å². The molecule has 2 rings (SSSR count). The van der Waals surface area contributed by atoms with Crippen molar-refractivity contribution >= 4 is 5.91 Å². The topological polar surface area (TPSA) is 63.8 Å². The van der Waals surface area contributed by atoms with E-state index in [2.05, 4.69) is 6.92 Å². The van der Waals surface area contributed by atoms with Gasteiger partial charge in [-0.25, -0.2) is 0 Å². The molecule has 2 fully saturated rings. The van der Waals surface area contributed by atoms with Gasteiger partial charge in [-0.3, -0.25) is 4.79 Å². The summed E-state index contributed by atoms with van der Waals surface area (Å²) in [6, 6.07) is 0. The molecule has 2 unspecified atom stereocenters. The van der Waals surface area contributed by atoms with Gasteiger partial charge in [-0.05, 0) is 6.42 Å². The number of nitrogens with zero attached hydrogens (tertiary/aromatic N) is 1. The number of carbonyl (C=O) groups is 1. The molecule has 0 aromatic rings. The first-order chi connectivity index (χ1) is 13.8. The molecule has 2 aliphatic rings. The Kier molecular flexibility index (Phi) is 12.8. The first kappa shape index (κ1) is 23.6. The molecule has 2 atom stereocenters. The van der Waals surface area contributed by atoms with Gasteiger partial charge in [0, 0.05) is 19.5 Å².